The standard InChI is InChI=1S/C19H15N5O/c1-13-10-11-15-16(21-13)8-5-9-17(15)22-19(25)18-12-20-24(23-18)14-6-3-2-4-7-14/h2-12H,1H3,(H,22,25). The van der Waals surface area contributed by atoms with Crippen LogP contribution < -0.4 is 5.32 Å². The quantitative estimate of drug-likeness (QED) is 0.625. The van der Waals surface area contributed by atoms with Gasteiger partial charge in [0.05, 0.1) is 23.1 Å². The van der Waals surface area contributed by atoms with Gasteiger partial charge in [-0.1, -0.05) is 24.3 Å². The highest BCUT2D eigenvalue weighted by molar-refractivity contribution is 6.07. The average molecular weight is 329 g/mol. The number of aromatic nitrogens is 4. The molecule has 6 nitrogen and oxygen atoms in total. The van der Waals surface area contributed by atoms with E-state index in [1.165, 1.54) is 11.0 Å². The zero-order chi connectivity index (χ0) is 17.2. The maximum absolute atomic E-state index is 12.5. The molecular weight excluding hydrogens is 314 g/mol. The molecule has 0 bridgehead atoms. The summed E-state index contributed by atoms with van der Waals surface area (Å²) in [4.78, 5) is 18.4. The molecule has 0 spiro atoms. The molecule has 0 saturated heterocycles. The minimum absolute atomic E-state index is 0.251. The van der Waals surface area contributed by atoms with Gasteiger partial charge in [0.1, 0.15) is 0 Å². The highest BCUT2D eigenvalue weighted by Crippen LogP contribution is 2.22. The minimum atomic E-state index is -0.310. The Morgan fingerprint density at radius 2 is 1.84 bits per heavy atom. The summed E-state index contributed by atoms with van der Waals surface area (Å²) in [5, 5.41) is 12.2. The molecule has 4 rings (SSSR count). The molecule has 0 radical (unpaired) electrons. The van der Waals surface area contributed by atoms with Gasteiger partial charge in [0.25, 0.3) is 5.91 Å². The number of nitrogens with one attached hydrogen (secondary N) is 1. The molecule has 1 N–H and O–H groups in total. The second-order valence-corrected chi connectivity index (χ2v) is 5.63. The van der Waals surface area contributed by atoms with Crippen molar-refractivity contribution in [3.8, 4) is 5.69 Å². The van der Waals surface area contributed by atoms with Crippen molar-refractivity contribution < 1.29 is 4.79 Å². The Morgan fingerprint density at radius 3 is 2.68 bits per heavy atom. The van der Waals surface area contributed by atoms with Gasteiger partial charge < -0.3 is 5.32 Å². The van der Waals surface area contributed by atoms with E-state index in [-0.39, 0.29) is 11.6 Å². The summed E-state index contributed by atoms with van der Waals surface area (Å²) < 4.78 is 0. The van der Waals surface area contributed by atoms with Crippen LogP contribution in [0.5, 0.6) is 0 Å². The number of benzene rings is 2. The van der Waals surface area contributed by atoms with Gasteiger partial charge >= 0.3 is 0 Å². The molecule has 0 unspecified atom stereocenters. The van der Waals surface area contributed by atoms with Gasteiger partial charge in [0.2, 0.25) is 0 Å². The molecule has 1 amide bonds. The Labute approximate surface area is 144 Å². The summed E-state index contributed by atoms with van der Waals surface area (Å²) in [6.45, 7) is 1.94. The zero-order valence-electron chi connectivity index (χ0n) is 13.5. The Kier molecular flexibility index (Phi) is 3.70. The summed E-state index contributed by atoms with van der Waals surface area (Å²) in [6.07, 6.45) is 1.45. The van der Waals surface area contributed by atoms with Crippen molar-refractivity contribution in [2.75, 3.05) is 5.32 Å². The Morgan fingerprint density at radius 1 is 1.00 bits per heavy atom. The first kappa shape index (κ1) is 15.0. The van der Waals surface area contributed by atoms with E-state index in [4.69, 9.17) is 0 Å². The van der Waals surface area contributed by atoms with E-state index < -0.39 is 0 Å². The molecule has 0 aliphatic carbocycles. The van der Waals surface area contributed by atoms with Crippen LogP contribution in [0.2, 0.25) is 0 Å². The molecule has 0 atom stereocenters. The van der Waals surface area contributed by atoms with Crippen LogP contribution in [0.15, 0.2) is 66.9 Å². The normalized spacial score (nSPS) is 10.8. The number of fused-ring (bicyclic) bond motifs is 1. The predicted molar refractivity (Wildman–Crippen MR) is 95.8 cm³/mol. The first-order valence-electron chi connectivity index (χ1n) is 7.86. The third-order valence-electron chi connectivity index (χ3n) is 3.83. The van der Waals surface area contributed by atoms with E-state index in [1.54, 1.807) is 0 Å². The van der Waals surface area contributed by atoms with Crippen LogP contribution in [0.25, 0.3) is 16.6 Å². The molecule has 122 valence electrons. The lowest BCUT2D eigenvalue weighted by Gasteiger charge is -2.07. The lowest BCUT2D eigenvalue weighted by atomic mass is 10.1. The van der Waals surface area contributed by atoms with Crippen molar-refractivity contribution in [2.45, 2.75) is 6.92 Å². The van der Waals surface area contributed by atoms with Crippen LogP contribution in [-0.2, 0) is 0 Å². The van der Waals surface area contributed by atoms with Crippen molar-refractivity contribution in [2.24, 2.45) is 0 Å². The van der Waals surface area contributed by atoms with Gasteiger partial charge in [0, 0.05) is 11.1 Å². The Hall–Kier alpha value is -3.54. The van der Waals surface area contributed by atoms with E-state index >= 15 is 0 Å². The summed E-state index contributed by atoms with van der Waals surface area (Å²) >= 11 is 0. The van der Waals surface area contributed by atoms with Crippen LogP contribution in [0.4, 0.5) is 5.69 Å². The van der Waals surface area contributed by atoms with E-state index in [1.807, 2.05) is 67.6 Å². The van der Waals surface area contributed by atoms with Crippen molar-refractivity contribution in [1.82, 2.24) is 20.0 Å². The van der Waals surface area contributed by atoms with Gasteiger partial charge in [-0.05, 0) is 43.3 Å². The topological polar surface area (TPSA) is 72.7 Å². The zero-order valence-corrected chi connectivity index (χ0v) is 13.5. The van der Waals surface area contributed by atoms with Gasteiger partial charge in [-0.15, -0.1) is 5.10 Å². The summed E-state index contributed by atoms with van der Waals surface area (Å²) in [5.74, 6) is -0.310. The van der Waals surface area contributed by atoms with Crippen LogP contribution in [0.1, 0.15) is 16.2 Å². The molecule has 2 aromatic carbocycles. The predicted octanol–water partition coefficient (Wildman–Crippen LogP) is 3.38. The van der Waals surface area contributed by atoms with E-state index in [0.29, 0.717) is 5.69 Å². The molecule has 0 fully saturated rings. The van der Waals surface area contributed by atoms with Crippen LogP contribution in [0, 0.1) is 6.92 Å². The third kappa shape index (κ3) is 2.97. The number of hydrogen-bond acceptors (Lipinski definition) is 4. The number of rotatable bonds is 3. The smallest absolute Gasteiger partial charge is 0.277 e. The molecule has 2 aromatic heterocycles. The molecule has 2 heterocycles. The van der Waals surface area contributed by atoms with Crippen molar-refractivity contribution in [3.63, 3.8) is 0 Å². The number of aryl methyl sites for hydroxylation is 1. The van der Waals surface area contributed by atoms with E-state index in [2.05, 4.69) is 20.5 Å². The first-order valence-corrected chi connectivity index (χ1v) is 7.86. The van der Waals surface area contributed by atoms with Crippen molar-refractivity contribution in [3.05, 3.63) is 78.2 Å². The minimum Gasteiger partial charge on any atom is -0.320 e. The number of para-hydroxylation sites is 1. The summed E-state index contributed by atoms with van der Waals surface area (Å²) in [5.41, 5.74) is 3.52. The molecule has 0 aliphatic rings. The van der Waals surface area contributed by atoms with Crippen molar-refractivity contribution in [1.29, 1.82) is 0 Å². The number of amides is 1. The SMILES string of the molecule is Cc1ccc2c(NC(=O)c3cnn(-c4ccccc4)n3)cccc2n1. The van der Waals surface area contributed by atoms with E-state index in [9.17, 15) is 4.79 Å². The summed E-state index contributed by atoms with van der Waals surface area (Å²) in [6, 6.07) is 19.0. The average Bonchev–Trinajstić information content (AvgIpc) is 3.13. The fraction of sp³-hybridized carbons (Fsp3) is 0.0526. The second-order valence-electron chi connectivity index (χ2n) is 5.63. The lowest BCUT2D eigenvalue weighted by Crippen LogP contribution is -2.13. The highest BCUT2D eigenvalue weighted by atomic mass is 16.2. The van der Waals surface area contributed by atoms with E-state index in [0.717, 1.165) is 22.3 Å². The molecular formula is C19H15N5O. The van der Waals surface area contributed by atoms with Crippen molar-refractivity contribution >= 4 is 22.5 Å². The van der Waals surface area contributed by atoms with Crippen LogP contribution in [0.3, 0.4) is 0 Å². The van der Waals surface area contributed by atoms with Gasteiger partial charge in [0.15, 0.2) is 5.69 Å². The maximum atomic E-state index is 12.5. The maximum Gasteiger partial charge on any atom is 0.277 e. The number of nitrogens with zero attached hydrogens (tertiary/aromatic N) is 4. The van der Waals surface area contributed by atoms with Crippen LogP contribution in [-0.4, -0.2) is 25.9 Å². The van der Waals surface area contributed by atoms with Gasteiger partial charge in [-0.25, -0.2) is 0 Å². The molecule has 0 saturated carbocycles. The Bertz CT molecular complexity index is 1060. The monoisotopic (exact) mass is 329 g/mol. The Balaban J connectivity index is 1.62. The highest BCUT2D eigenvalue weighted by Gasteiger charge is 2.13. The second kappa shape index (κ2) is 6.16. The molecule has 4 aromatic rings. The fourth-order valence-corrected chi connectivity index (χ4v) is 2.61. The number of pyridine rings is 1. The first-order chi connectivity index (χ1) is 12.2. The molecule has 0 aliphatic heterocycles. The molecule has 25 heavy (non-hydrogen) atoms. The number of hydrogen-bond donors (Lipinski definition) is 1. The number of carbonyl (C=O) groups excluding carboxylic acids is 1. The fourth-order valence-electron chi connectivity index (χ4n) is 2.61. The lowest BCUT2D eigenvalue weighted by molar-refractivity contribution is 0.102. The summed E-state index contributed by atoms with van der Waals surface area (Å²) in [7, 11) is 0. The largest absolute Gasteiger partial charge is 0.320 e. The molecule has 6 heteroatoms. The number of carbonyl (C=O) groups is 1. The third-order valence-corrected chi connectivity index (χ3v) is 3.83. The van der Waals surface area contributed by atoms with Crippen LogP contribution >= 0.6 is 0 Å². The number of anilines is 1. The van der Waals surface area contributed by atoms with Gasteiger partial charge in [-0.3, -0.25) is 9.78 Å². The van der Waals surface area contributed by atoms with Gasteiger partial charge in [-0.2, -0.15) is 9.90 Å².